The molecule has 0 radical (unpaired) electrons. The number of carbonyl (C=O) groups is 1. The third kappa shape index (κ3) is 5.53. The maximum Gasteiger partial charge on any atom is 0.321 e. The molecular formula is C13H15NO4S. The van der Waals surface area contributed by atoms with Crippen molar-refractivity contribution in [3.8, 4) is 6.07 Å². The number of benzene rings is 1. The number of hydrogen-bond acceptors (Lipinski definition) is 5. The summed E-state index contributed by atoms with van der Waals surface area (Å²) in [7, 11) is -3.56. The van der Waals surface area contributed by atoms with Gasteiger partial charge in [-0.25, -0.2) is 8.42 Å². The van der Waals surface area contributed by atoms with E-state index in [4.69, 9.17) is 10.00 Å². The molecule has 0 heterocycles. The van der Waals surface area contributed by atoms with E-state index in [1.165, 1.54) is 12.1 Å². The predicted molar refractivity (Wildman–Crippen MR) is 69.9 cm³/mol. The molecule has 5 nitrogen and oxygen atoms in total. The third-order valence-corrected chi connectivity index (χ3v) is 3.62. The summed E-state index contributed by atoms with van der Waals surface area (Å²) in [6.07, 6.45) is -0.336. The Balaban J connectivity index is 2.69. The van der Waals surface area contributed by atoms with Crippen LogP contribution in [0.15, 0.2) is 24.3 Å². The highest BCUT2D eigenvalue weighted by molar-refractivity contribution is 7.91. The molecule has 0 aliphatic carbocycles. The average molecular weight is 281 g/mol. The highest BCUT2D eigenvalue weighted by Crippen LogP contribution is 2.09. The number of hydrogen-bond donors (Lipinski definition) is 0. The van der Waals surface area contributed by atoms with Gasteiger partial charge in [-0.05, 0) is 31.5 Å². The van der Waals surface area contributed by atoms with Crippen molar-refractivity contribution in [2.45, 2.75) is 25.7 Å². The van der Waals surface area contributed by atoms with E-state index in [9.17, 15) is 13.2 Å². The minimum absolute atomic E-state index is 0.244. The lowest BCUT2D eigenvalue weighted by molar-refractivity contribution is -0.144. The minimum Gasteiger partial charge on any atom is -0.462 e. The van der Waals surface area contributed by atoms with Gasteiger partial charge in [0.05, 0.1) is 23.5 Å². The molecule has 0 unspecified atom stereocenters. The second kappa shape index (κ2) is 6.34. The van der Waals surface area contributed by atoms with E-state index >= 15 is 0 Å². The van der Waals surface area contributed by atoms with Crippen LogP contribution in [0.25, 0.3) is 0 Å². The molecule has 1 aromatic rings. The van der Waals surface area contributed by atoms with Gasteiger partial charge in [-0.2, -0.15) is 5.26 Å². The van der Waals surface area contributed by atoms with E-state index in [2.05, 4.69) is 0 Å². The Morgan fingerprint density at radius 1 is 1.32 bits per heavy atom. The number of nitriles is 1. The lowest BCUT2D eigenvalue weighted by Gasteiger charge is -2.08. The van der Waals surface area contributed by atoms with Crippen LogP contribution >= 0.6 is 0 Å². The number of carbonyl (C=O) groups excluding carboxylic acids is 1. The van der Waals surface area contributed by atoms with Crippen LogP contribution in [0.3, 0.4) is 0 Å². The molecule has 0 saturated carbocycles. The molecule has 6 heteroatoms. The molecule has 0 aliphatic rings. The second-order valence-electron chi connectivity index (χ2n) is 4.38. The van der Waals surface area contributed by atoms with Crippen molar-refractivity contribution in [3.63, 3.8) is 0 Å². The molecule has 0 saturated heterocycles. The summed E-state index contributed by atoms with van der Waals surface area (Å²) < 4.78 is 28.4. The molecule has 0 N–H and O–H groups in total. The molecule has 19 heavy (non-hydrogen) atoms. The molecule has 0 aromatic heterocycles. The molecule has 1 aromatic carbocycles. The summed E-state index contributed by atoms with van der Waals surface area (Å²) in [5, 5.41) is 8.63. The Kier molecular flexibility index (Phi) is 5.07. The summed E-state index contributed by atoms with van der Waals surface area (Å²) in [6, 6.07) is 8.14. The number of rotatable bonds is 5. The van der Waals surface area contributed by atoms with Crippen LogP contribution < -0.4 is 0 Å². The fourth-order valence-corrected chi connectivity index (χ4v) is 2.69. The Labute approximate surface area is 112 Å². The van der Waals surface area contributed by atoms with E-state index in [0.29, 0.717) is 11.1 Å². The Hall–Kier alpha value is -1.87. The topological polar surface area (TPSA) is 84.2 Å². The summed E-state index contributed by atoms with van der Waals surface area (Å²) in [5.74, 6) is -1.62. The van der Waals surface area contributed by atoms with Crippen molar-refractivity contribution in [3.05, 3.63) is 35.4 Å². The van der Waals surface area contributed by atoms with Crippen LogP contribution in [-0.2, 0) is 25.1 Å². The van der Waals surface area contributed by atoms with Gasteiger partial charge in [-0.1, -0.05) is 12.1 Å². The van der Waals surface area contributed by atoms with E-state index in [0.717, 1.165) is 0 Å². The van der Waals surface area contributed by atoms with Crippen LogP contribution in [0.4, 0.5) is 0 Å². The van der Waals surface area contributed by atoms with E-state index in [-0.39, 0.29) is 11.9 Å². The van der Waals surface area contributed by atoms with Gasteiger partial charge in [0.25, 0.3) is 0 Å². The molecule has 0 amide bonds. The Bertz CT molecular complexity index is 582. The van der Waals surface area contributed by atoms with Crippen LogP contribution in [0.1, 0.15) is 25.0 Å². The van der Waals surface area contributed by atoms with Crippen LogP contribution in [-0.4, -0.2) is 26.2 Å². The van der Waals surface area contributed by atoms with Crippen molar-refractivity contribution in [1.29, 1.82) is 5.26 Å². The molecular weight excluding hydrogens is 266 g/mol. The van der Waals surface area contributed by atoms with Crippen LogP contribution in [0, 0.1) is 11.3 Å². The van der Waals surface area contributed by atoms with Crippen molar-refractivity contribution >= 4 is 15.8 Å². The number of nitrogens with zero attached hydrogens (tertiary/aromatic N) is 1. The quantitative estimate of drug-likeness (QED) is 0.762. The molecule has 0 spiro atoms. The molecule has 1 rings (SSSR count). The lowest BCUT2D eigenvalue weighted by Crippen LogP contribution is -2.22. The normalized spacial score (nSPS) is 11.1. The number of ether oxygens (including phenoxy) is 1. The highest BCUT2D eigenvalue weighted by atomic mass is 32.2. The van der Waals surface area contributed by atoms with E-state index in [1.807, 2.05) is 6.07 Å². The van der Waals surface area contributed by atoms with Gasteiger partial charge in [0, 0.05) is 0 Å². The second-order valence-corrected chi connectivity index (χ2v) is 6.44. The van der Waals surface area contributed by atoms with Crippen molar-refractivity contribution in [2.24, 2.45) is 0 Å². The van der Waals surface area contributed by atoms with E-state index < -0.39 is 21.6 Å². The molecule has 0 bridgehead atoms. The zero-order valence-corrected chi connectivity index (χ0v) is 11.6. The van der Waals surface area contributed by atoms with E-state index in [1.54, 1.807) is 26.0 Å². The molecule has 0 aliphatic heterocycles. The fraction of sp³-hybridized carbons (Fsp3) is 0.385. The van der Waals surface area contributed by atoms with Crippen molar-refractivity contribution < 1.29 is 17.9 Å². The zero-order chi connectivity index (χ0) is 14.5. The summed E-state index contributed by atoms with van der Waals surface area (Å²) in [6.45, 7) is 3.32. The van der Waals surface area contributed by atoms with Gasteiger partial charge < -0.3 is 4.74 Å². The first-order chi connectivity index (χ1) is 8.82. The minimum atomic E-state index is -3.56. The lowest BCUT2D eigenvalue weighted by atomic mass is 10.2. The third-order valence-electron chi connectivity index (χ3n) is 2.17. The standard InChI is InChI=1S/C13H15NO4S/c1-10(2)18-13(15)9-19(16,17)8-12-5-3-11(7-14)4-6-12/h3-6,10H,8-9H2,1-2H3. The predicted octanol–water partition coefficient (Wildman–Crippen LogP) is 1.42. The zero-order valence-electron chi connectivity index (χ0n) is 10.8. The summed E-state index contributed by atoms with van der Waals surface area (Å²) >= 11 is 0. The smallest absolute Gasteiger partial charge is 0.321 e. The maximum atomic E-state index is 11.8. The van der Waals surface area contributed by atoms with Gasteiger partial charge in [0.15, 0.2) is 9.84 Å². The van der Waals surface area contributed by atoms with Gasteiger partial charge >= 0.3 is 5.97 Å². The summed E-state index contributed by atoms with van der Waals surface area (Å²) in [4.78, 5) is 11.3. The largest absolute Gasteiger partial charge is 0.462 e. The van der Waals surface area contributed by atoms with Crippen LogP contribution in [0.5, 0.6) is 0 Å². The molecule has 102 valence electrons. The van der Waals surface area contributed by atoms with Crippen LogP contribution in [0.2, 0.25) is 0 Å². The maximum absolute atomic E-state index is 11.8. The number of esters is 1. The SMILES string of the molecule is CC(C)OC(=O)CS(=O)(=O)Cc1ccc(C#N)cc1. The number of sulfone groups is 1. The van der Waals surface area contributed by atoms with Gasteiger partial charge in [0.1, 0.15) is 5.75 Å². The average Bonchev–Trinajstić information content (AvgIpc) is 2.27. The van der Waals surface area contributed by atoms with Gasteiger partial charge in [0.2, 0.25) is 0 Å². The Morgan fingerprint density at radius 3 is 2.37 bits per heavy atom. The van der Waals surface area contributed by atoms with Crippen molar-refractivity contribution in [1.82, 2.24) is 0 Å². The molecule has 0 fully saturated rings. The first kappa shape index (κ1) is 15.2. The Morgan fingerprint density at radius 2 is 1.89 bits per heavy atom. The highest BCUT2D eigenvalue weighted by Gasteiger charge is 2.19. The van der Waals surface area contributed by atoms with Gasteiger partial charge in [-0.15, -0.1) is 0 Å². The fourth-order valence-electron chi connectivity index (χ4n) is 1.46. The summed E-state index contributed by atoms with van der Waals surface area (Å²) in [5.41, 5.74) is 0.997. The first-order valence-corrected chi connectivity index (χ1v) is 7.53. The van der Waals surface area contributed by atoms with Crippen molar-refractivity contribution in [2.75, 3.05) is 5.75 Å². The van der Waals surface area contributed by atoms with Gasteiger partial charge in [-0.3, -0.25) is 4.79 Å². The first-order valence-electron chi connectivity index (χ1n) is 5.71. The molecule has 0 atom stereocenters. The monoisotopic (exact) mass is 281 g/mol.